The molecule has 0 aromatic carbocycles. The van der Waals surface area contributed by atoms with Crippen LogP contribution in [0.4, 0.5) is 5.69 Å². The van der Waals surface area contributed by atoms with Gasteiger partial charge in [-0.15, -0.1) is 0 Å². The Morgan fingerprint density at radius 3 is 2.84 bits per heavy atom. The molecule has 3 aromatic rings. The second-order valence-corrected chi connectivity index (χ2v) is 5.92. The van der Waals surface area contributed by atoms with Crippen molar-refractivity contribution in [1.29, 1.82) is 0 Å². The maximum atomic E-state index is 12.3. The van der Waals surface area contributed by atoms with Crippen molar-refractivity contribution in [2.75, 3.05) is 5.32 Å². The Morgan fingerprint density at radius 2 is 2.08 bits per heavy atom. The van der Waals surface area contributed by atoms with Crippen LogP contribution in [-0.4, -0.2) is 27.0 Å². The monoisotopic (exact) mass is 340 g/mol. The van der Waals surface area contributed by atoms with E-state index in [0.29, 0.717) is 17.2 Å². The van der Waals surface area contributed by atoms with Crippen molar-refractivity contribution >= 4 is 22.8 Å². The molecule has 0 radical (unpaired) electrons. The van der Waals surface area contributed by atoms with Gasteiger partial charge in [-0.1, -0.05) is 0 Å². The zero-order valence-electron chi connectivity index (χ0n) is 13.3. The van der Waals surface area contributed by atoms with Crippen LogP contribution in [0.3, 0.4) is 0 Å². The SMILES string of the molecule is O=C(Nc1ccc(OC2CCCC2)nc1)c1ccc2oc(=O)[nH]c2n1. The highest BCUT2D eigenvalue weighted by Crippen LogP contribution is 2.23. The van der Waals surface area contributed by atoms with Gasteiger partial charge >= 0.3 is 5.76 Å². The Bertz CT molecular complexity index is 955. The molecule has 0 saturated heterocycles. The first-order valence-electron chi connectivity index (χ1n) is 8.11. The normalized spacial score (nSPS) is 14.7. The molecule has 128 valence electrons. The average Bonchev–Trinajstić information content (AvgIpc) is 3.24. The number of amides is 1. The third-order valence-electron chi connectivity index (χ3n) is 4.10. The summed E-state index contributed by atoms with van der Waals surface area (Å²) in [5.74, 6) is -0.460. The number of pyridine rings is 2. The van der Waals surface area contributed by atoms with Crippen molar-refractivity contribution in [2.24, 2.45) is 0 Å². The lowest BCUT2D eigenvalue weighted by molar-refractivity contribution is 0.102. The number of anilines is 1. The standard InChI is InChI=1S/C17H16N4O4/c22-16(12-6-7-13-15(20-12)21-17(23)25-13)19-10-5-8-14(18-9-10)24-11-3-1-2-4-11/h5-9,11H,1-4H2,(H,19,22)(H,20,21,23). The Hall–Kier alpha value is -3.16. The lowest BCUT2D eigenvalue weighted by atomic mass is 10.3. The molecule has 8 heteroatoms. The second-order valence-electron chi connectivity index (χ2n) is 5.92. The molecule has 3 aromatic heterocycles. The van der Waals surface area contributed by atoms with Crippen LogP contribution in [0, 0.1) is 0 Å². The van der Waals surface area contributed by atoms with Crippen LogP contribution in [0.1, 0.15) is 36.2 Å². The first-order chi connectivity index (χ1) is 12.2. The van der Waals surface area contributed by atoms with Crippen molar-refractivity contribution in [2.45, 2.75) is 31.8 Å². The minimum Gasteiger partial charge on any atom is -0.474 e. The van der Waals surface area contributed by atoms with Crippen LogP contribution in [0.2, 0.25) is 0 Å². The van der Waals surface area contributed by atoms with Crippen LogP contribution >= 0.6 is 0 Å². The van der Waals surface area contributed by atoms with Crippen molar-refractivity contribution in [1.82, 2.24) is 15.0 Å². The third kappa shape index (κ3) is 3.37. The van der Waals surface area contributed by atoms with Gasteiger partial charge in [0.05, 0.1) is 11.9 Å². The number of carbonyl (C=O) groups excluding carboxylic acids is 1. The number of hydrogen-bond acceptors (Lipinski definition) is 6. The number of oxazole rings is 1. The van der Waals surface area contributed by atoms with Gasteiger partial charge in [-0.3, -0.25) is 9.78 Å². The zero-order valence-corrected chi connectivity index (χ0v) is 13.3. The fourth-order valence-corrected chi connectivity index (χ4v) is 2.86. The van der Waals surface area contributed by atoms with Crippen LogP contribution < -0.4 is 15.8 Å². The summed E-state index contributed by atoms with van der Waals surface area (Å²) < 4.78 is 10.6. The number of nitrogens with zero attached hydrogens (tertiary/aromatic N) is 2. The van der Waals surface area contributed by atoms with Gasteiger partial charge in [0.15, 0.2) is 11.2 Å². The summed E-state index contributed by atoms with van der Waals surface area (Å²) >= 11 is 0. The highest BCUT2D eigenvalue weighted by molar-refractivity contribution is 6.03. The number of aromatic amines is 1. The van der Waals surface area contributed by atoms with E-state index < -0.39 is 11.7 Å². The molecule has 1 fully saturated rings. The van der Waals surface area contributed by atoms with E-state index in [2.05, 4.69) is 20.3 Å². The number of H-pyrrole nitrogens is 1. The lowest BCUT2D eigenvalue weighted by Crippen LogP contribution is -2.14. The van der Waals surface area contributed by atoms with E-state index in [9.17, 15) is 9.59 Å². The molecule has 1 amide bonds. The smallest absolute Gasteiger partial charge is 0.418 e. The Morgan fingerprint density at radius 1 is 1.24 bits per heavy atom. The lowest BCUT2D eigenvalue weighted by Gasteiger charge is -2.12. The molecule has 0 bridgehead atoms. The summed E-state index contributed by atoms with van der Waals surface area (Å²) in [5, 5.41) is 2.71. The second kappa shape index (κ2) is 6.39. The molecule has 0 atom stereocenters. The number of ether oxygens (including phenoxy) is 1. The zero-order chi connectivity index (χ0) is 17.2. The molecule has 4 rings (SSSR count). The topological polar surface area (TPSA) is 110 Å². The molecule has 1 saturated carbocycles. The number of rotatable bonds is 4. The summed E-state index contributed by atoms with van der Waals surface area (Å²) in [6.45, 7) is 0. The predicted octanol–water partition coefficient (Wildman–Crippen LogP) is 2.48. The molecule has 0 spiro atoms. The van der Waals surface area contributed by atoms with E-state index >= 15 is 0 Å². The van der Waals surface area contributed by atoms with Crippen molar-refractivity contribution < 1.29 is 13.9 Å². The maximum absolute atomic E-state index is 12.3. The van der Waals surface area contributed by atoms with Gasteiger partial charge in [0, 0.05) is 6.07 Å². The minimum atomic E-state index is -0.609. The highest BCUT2D eigenvalue weighted by Gasteiger charge is 2.17. The van der Waals surface area contributed by atoms with Gasteiger partial charge in [0.25, 0.3) is 5.91 Å². The van der Waals surface area contributed by atoms with Crippen molar-refractivity contribution in [3.05, 3.63) is 46.7 Å². The molecule has 1 aliphatic carbocycles. The minimum absolute atomic E-state index is 0.163. The summed E-state index contributed by atoms with van der Waals surface area (Å²) in [4.78, 5) is 34.1. The van der Waals surface area contributed by atoms with Gasteiger partial charge in [-0.2, -0.15) is 0 Å². The average molecular weight is 340 g/mol. The third-order valence-corrected chi connectivity index (χ3v) is 4.10. The van der Waals surface area contributed by atoms with Crippen molar-refractivity contribution in [3.63, 3.8) is 0 Å². The molecular weight excluding hydrogens is 324 g/mol. The van der Waals surface area contributed by atoms with E-state index in [1.807, 2.05) is 0 Å². The maximum Gasteiger partial charge on any atom is 0.418 e. The summed E-state index contributed by atoms with van der Waals surface area (Å²) in [6.07, 6.45) is 6.28. The van der Waals surface area contributed by atoms with Gasteiger partial charge in [0.1, 0.15) is 11.8 Å². The van der Waals surface area contributed by atoms with E-state index in [0.717, 1.165) is 12.8 Å². The molecule has 0 unspecified atom stereocenters. The first kappa shape index (κ1) is 15.4. The van der Waals surface area contributed by atoms with Crippen LogP contribution in [0.15, 0.2) is 39.7 Å². The first-order valence-corrected chi connectivity index (χ1v) is 8.11. The van der Waals surface area contributed by atoms with Gasteiger partial charge in [0.2, 0.25) is 5.88 Å². The number of fused-ring (bicyclic) bond motifs is 1. The quantitative estimate of drug-likeness (QED) is 0.755. The summed E-state index contributed by atoms with van der Waals surface area (Å²) in [7, 11) is 0. The molecule has 1 aliphatic rings. The van der Waals surface area contributed by atoms with Crippen LogP contribution in [0.5, 0.6) is 5.88 Å². The van der Waals surface area contributed by atoms with Gasteiger partial charge in [-0.05, 0) is 43.9 Å². The fourth-order valence-electron chi connectivity index (χ4n) is 2.86. The predicted molar refractivity (Wildman–Crippen MR) is 89.7 cm³/mol. The Kier molecular flexibility index (Phi) is 3.93. The molecule has 2 N–H and O–H groups in total. The van der Waals surface area contributed by atoms with Crippen LogP contribution in [-0.2, 0) is 0 Å². The molecule has 3 heterocycles. The van der Waals surface area contributed by atoms with Gasteiger partial charge in [-0.25, -0.2) is 14.8 Å². The molecule has 8 nitrogen and oxygen atoms in total. The van der Waals surface area contributed by atoms with Crippen LogP contribution in [0.25, 0.3) is 11.2 Å². The highest BCUT2D eigenvalue weighted by atomic mass is 16.5. The van der Waals surface area contributed by atoms with E-state index in [1.54, 1.807) is 18.3 Å². The van der Waals surface area contributed by atoms with E-state index in [4.69, 9.17) is 9.15 Å². The number of nitrogens with one attached hydrogen (secondary N) is 2. The number of carbonyl (C=O) groups is 1. The number of aromatic nitrogens is 3. The Balaban J connectivity index is 1.44. The molecule has 0 aliphatic heterocycles. The summed E-state index contributed by atoms with van der Waals surface area (Å²) in [5.41, 5.74) is 1.23. The fraction of sp³-hybridized carbons (Fsp3) is 0.294. The summed E-state index contributed by atoms with van der Waals surface area (Å²) in [6, 6.07) is 6.47. The Labute approximate surface area is 142 Å². The van der Waals surface area contributed by atoms with E-state index in [1.165, 1.54) is 25.0 Å². The van der Waals surface area contributed by atoms with Crippen molar-refractivity contribution in [3.8, 4) is 5.88 Å². The largest absolute Gasteiger partial charge is 0.474 e. The van der Waals surface area contributed by atoms with E-state index in [-0.39, 0.29) is 17.4 Å². The molecular formula is C17H16N4O4. The number of hydrogen-bond donors (Lipinski definition) is 2. The molecule has 25 heavy (non-hydrogen) atoms. The van der Waals surface area contributed by atoms with Gasteiger partial charge < -0.3 is 14.5 Å².